The number of nitrogens with one attached hydrogen (secondary N) is 1. The number of amides is 1. The molecule has 1 aromatic heterocycles. The number of anilines is 1. The van der Waals surface area contributed by atoms with E-state index >= 15 is 0 Å². The first kappa shape index (κ1) is 18.5. The molecular formula is C19H19ClN4OS. The van der Waals surface area contributed by atoms with Gasteiger partial charge in [0.15, 0.2) is 11.0 Å². The van der Waals surface area contributed by atoms with Gasteiger partial charge in [0.2, 0.25) is 5.91 Å². The molecule has 3 rings (SSSR count). The number of halogens is 1. The van der Waals surface area contributed by atoms with Crippen LogP contribution in [-0.4, -0.2) is 25.9 Å². The number of aromatic nitrogens is 3. The Morgan fingerprint density at radius 3 is 2.65 bits per heavy atom. The quantitative estimate of drug-likeness (QED) is 0.622. The molecule has 0 saturated heterocycles. The molecule has 0 aliphatic rings. The molecule has 1 heterocycles. The lowest BCUT2D eigenvalue weighted by molar-refractivity contribution is -0.115. The highest BCUT2D eigenvalue weighted by atomic mass is 35.5. The summed E-state index contributed by atoms with van der Waals surface area (Å²) in [7, 11) is 0. The van der Waals surface area contributed by atoms with E-state index in [2.05, 4.69) is 15.5 Å². The molecule has 0 aliphatic heterocycles. The van der Waals surface area contributed by atoms with Gasteiger partial charge >= 0.3 is 0 Å². The normalized spacial score (nSPS) is 12.0. The SMILES string of the molecule is CCn1c(S[C@H](C)C(=O)Nc2cccc(Cl)c2)nnc1-c1ccccc1. The van der Waals surface area contributed by atoms with Crippen LogP contribution in [0.4, 0.5) is 5.69 Å². The van der Waals surface area contributed by atoms with Crippen LogP contribution in [0.3, 0.4) is 0 Å². The van der Waals surface area contributed by atoms with Crippen LogP contribution in [-0.2, 0) is 11.3 Å². The highest BCUT2D eigenvalue weighted by molar-refractivity contribution is 8.00. The van der Waals surface area contributed by atoms with Crippen molar-refractivity contribution in [3.8, 4) is 11.4 Å². The van der Waals surface area contributed by atoms with Gasteiger partial charge in [0.1, 0.15) is 0 Å². The van der Waals surface area contributed by atoms with Gasteiger partial charge in [0, 0.05) is 22.8 Å². The third-order valence-electron chi connectivity index (χ3n) is 3.81. The summed E-state index contributed by atoms with van der Waals surface area (Å²) in [5, 5.41) is 12.4. The van der Waals surface area contributed by atoms with Crippen molar-refractivity contribution in [1.29, 1.82) is 0 Å². The monoisotopic (exact) mass is 386 g/mol. The van der Waals surface area contributed by atoms with Crippen LogP contribution in [0.25, 0.3) is 11.4 Å². The molecule has 5 nitrogen and oxygen atoms in total. The average Bonchev–Trinajstić information content (AvgIpc) is 3.05. The van der Waals surface area contributed by atoms with E-state index < -0.39 is 0 Å². The third kappa shape index (κ3) is 4.26. The van der Waals surface area contributed by atoms with E-state index in [4.69, 9.17) is 11.6 Å². The summed E-state index contributed by atoms with van der Waals surface area (Å²) in [5.74, 6) is 0.697. The number of thioether (sulfide) groups is 1. The van der Waals surface area contributed by atoms with E-state index in [-0.39, 0.29) is 11.2 Å². The molecule has 0 unspecified atom stereocenters. The topological polar surface area (TPSA) is 59.8 Å². The molecule has 26 heavy (non-hydrogen) atoms. The lowest BCUT2D eigenvalue weighted by Crippen LogP contribution is -2.22. The number of carbonyl (C=O) groups is 1. The molecule has 0 radical (unpaired) electrons. The highest BCUT2D eigenvalue weighted by Crippen LogP contribution is 2.27. The summed E-state index contributed by atoms with van der Waals surface area (Å²) in [6.07, 6.45) is 0. The molecule has 0 spiro atoms. The second kappa shape index (κ2) is 8.38. The maximum atomic E-state index is 12.5. The van der Waals surface area contributed by atoms with Crippen LogP contribution in [0.1, 0.15) is 13.8 Å². The van der Waals surface area contributed by atoms with Crippen molar-refractivity contribution in [2.24, 2.45) is 0 Å². The summed E-state index contributed by atoms with van der Waals surface area (Å²) >= 11 is 7.35. The van der Waals surface area contributed by atoms with E-state index in [9.17, 15) is 4.79 Å². The lowest BCUT2D eigenvalue weighted by Gasteiger charge is -2.13. The molecule has 1 N–H and O–H groups in total. The Bertz CT molecular complexity index is 898. The zero-order chi connectivity index (χ0) is 18.5. The fraction of sp³-hybridized carbons (Fsp3) is 0.211. The maximum absolute atomic E-state index is 12.5. The maximum Gasteiger partial charge on any atom is 0.237 e. The largest absolute Gasteiger partial charge is 0.325 e. The van der Waals surface area contributed by atoms with Crippen LogP contribution in [0, 0.1) is 0 Å². The van der Waals surface area contributed by atoms with Gasteiger partial charge in [-0.1, -0.05) is 59.8 Å². The standard InChI is InChI=1S/C19H19ClN4OS/c1-3-24-17(14-8-5-4-6-9-14)22-23-19(24)26-13(2)18(25)21-16-11-7-10-15(20)12-16/h4-13H,3H2,1-2H3,(H,21,25)/t13-/m1/s1. The Hall–Kier alpha value is -2.31. The molecule has 3 aromatic rings. The van der Waals surface area contributed by atoms with Crippen LogP contribution in [0.2, 0.25) is 5.02 Å². The molecule has 134 valence electrons. The summed E-state index contributed by atoms with van der Waals surface area (Å²) in [6, 6.07) is 17.0. The van der Waals surface area contributed by atoms with Crippen LogP contribution >= 0.6 is 23.4 Å². The molecule has 0 bridgehead atoms. The Morgan fingerprint density at radius 1 is 1.19 bits per heavy atom. The van der Waals surface area contributed by atoms with E-state index in [0.29, 0.717) is 10.7 Å². The molecule has 0 fully saturated rings. The molecule has 2 aromatic carbocycles. The summed E-state index contributed by atoms with van der Waals surface area (Å²) < 4.78 is 2.02. The van der Waals surface area contributed by atoms with E-state index in [0.717, 1.165) is 23.1 Å². The number of rotatable bonds is 6. The number of nitrogens with zero attached hydrogens (tertiary/aromatic N) is 3. The van der Waals surface area contributed by atoms with Crippen molar-refractivity contribution in [2.75, 3.05) is 5.32 Å². The Kier molecular flexibility index (Phi) is 5.96. The minimum Gasteiger partial charge on any atom is -0.325 e. The summed E-state index contributed by atoms with van der Waals surface area (Å²) in [4.78, 5) is 12.5. The van der Waals surface area contributed by atoms with Gasteiger partial charge in [-0.15, -0.1) is 10.2 Å². The Labute approximate surface area is 161 Å². The van der Waals surface area contributed by atoms with Gasteiger partial charge in [0.05, 0.1) is 5.25 Å². The number of carbonyl (C=O) groups excluding carboxylic acids is 1. The number of benzene rings is 2. The van der Waals surface area contributed by atoms with E-state index in [1.54, 1.807) is 18.2 Å². The van der Waals surface area contributed by atoms with Crippen LogP contribution < -0.4 is 5.32 Å². The second-order valence-electron chi connectivity index (χ2n) is 5.68. The third-order valence-corrected chi connectivity index (χ3v) is 5.12. The van der Waals surface area contributed by atoms with Crippen LogP contribution in [0.5, 0.6) is 0 Å². The first-order valence-corrected chi connectivity index (χ1v) is 9.56. The average molecular weight is 387 g/mol. The van der Waals surface area contributed by atoms with Gasteiger partial charge in [-0.3, -0.25) is 4.79 Å². The first-order valence-electron chi connectivity index (χ1n) is 8.30. The number of hydrogen-bond acceptors (Lipinski definition) is 4. The van der Waals surface area contributed by atoms with Crippen molar-refractivity contribution in [3.63, 3.8) is 0 Å². The molecule has 1 amide bonds. The zero-order valence-corrected chi connectivity index (χ0v) is 16.1. The van der Waals surface area contributed by atoms with Gasteiger partial charge < -0.3 is 9.88 Å². The summed E-state index contributed by atoms with van der Waals surface area (Å²) in [6.45, 7) is 4.61. The molecule has 7 heteroatoms. The minimum atomic E-state index is -0.327. The predicted octanol–water partition coefficient (Wildman–Crippen LogP) is 4.74. The minimum absolute atomic E-state index is 0.107. The second-order valence-corrected chi connectivity index (χ2v) is 7.42. The van der Waals surface area contributed by atoms with Crippen molar-refractivity contribution >= 4 is 35.0 Å². The van der Waals surface area contributed by atoms with Crippen molar-refractivity contribution in [2.45, 2.75) is 30.8 Å². The van der Waals surface area contributed by atoms with Gasteiger partial charge in [-0.25, -0.2) is 0 Å². The Morgan fingerprint density at radius 2 is 1.96 bits per heavy atom. The summed E-state index contributed by atoms with van der Waals surface area (Å²) in [5.41, 5.74) is 1.68. The molecule has 0 saturated carbocycles. The zero-order valence-electron chi connectivity index (χ0n) is 14.5. The molecule has 1 atom stereocenters. The smallest absolute Gasteiger partial charge is 0.237 e. The highest BCUT2D eigenvalue weighted by Gasteiger charge is 2.20. The van der Waals surface area contributed by atoms with E-state index in [1.165, 1.54) is 11.8 Å². The first-order chi connectivity index (χ1) is 12.6. The van der Waals surface area contributed by atoms with Gasteiger partial charge in [0.25, 0.3) is 0 Å². The lowest BCUT2D eigenvalue weighted by atomic mass is 10.2. The van der Waals surface area contributed by atoms with Crippen molar-refractivity contribution in [3.05, 3.63) is 59.6 Å². The fourth-order valence-corrected chi connectivity index (χ4v) is 3.59. The molecular weight excluding hydrogens is 368 g/mol. The van der Waals surface area contributed by atoms with Crippen LogP contribution in [0.15, 0.2) is 59.8 Å². The molecule has 0 aliphatic carbocycles. The van der Waals surface area contributed by atoms with Crippen molar-refractivity contribution < 1.29 is 4.79 Å². The predicted molar refractivity (Wildman–Crippen MR) is 107 cm³/mol. The van der Waals surface area contributed by atoms with Gasteiger partial charge in [-0.2, -0.15) is 0 Å². The fourth-order valence-electron chi connectivity index (χ4n) is 2.48. The Balaban J connectivity index is 1.74. The van der Waals surface area contributed by atoms with Crippen molar-refractivity contribution in [1.82, 2.24) is 14.8 Å². The van der Waals surface area contributed by atoms with Gasteiger partial charge in [-0.05, 0) is 32.0 Å². The van der Waals surface area contributed by atoms with E-state index in [1.807, 2.05) is 54.8 Å². The number of hydrogen-bond donors (Lipinski definition) is 1.